The topological polar surface area (TPSA) is 69.4 Å². The summed E-state index contributed by atoms with van der Waals surface area (Å²) in [6, 6.07) is 13.1. The number of rotatable bonds is 6. The van der Waals surface area contributed by atoms with E-state index in [9.17, 15) is 5.11 Å². The molecule has 124 valence electrons. The molecule has 1 aliphatic heterocycles. The number of benzene rings is 1. The van der Waals surface area contributed by atoms with Crippen LogP contribution in [-0.4, -0.2) is 40.7 Å². The zero-order valence-electron chi connectivity index (χ0n) is 13.5. The van der Waals surface area contributed by atoms with E-state index >= 15 is 0 Å². The molecule has 2 heterocycles. The van der Waals surface area contributed by atoms with Crippen LogP contribution < -0.4 is 0 Å². The predicted octanol–water partition coefficient (Wildman–Crippen LogP) is 2.28. The second kappa shape index (κ2) is 8.02. The molecule has 1 aromatic carbocycles. The van der Waals surface area contributed by atoms with Gasteiger partial charge in [0.25, 0.3) is 0 Å². The van der Waals surface area contributed by atoms with Crippen LogP contribution in [0.15, 0.2) is 48.8 Å². The summed E-state index contributed by atoms with van der Waals surface area (Å²) in [7, 11) is 0. The molecule has 0 amide bonds. The van der Waals surface area contributed by atoms with Crippen molar-refractivity contribution in [3.8, 4) is 6.07 Å². The van der Waals surface area contributed by atoms with Gasteiger partial charge in [-0.15, -0.1) is 0 Å². The van der Waals surface area contributed by atoms with E-state index in [0.717, 1.165) is 30.6 Å². The maximum Gasteiger partial charge on any atom is 0.0991 e. The summed E-state index contributed by atoms with van der Waals surface area (Å²) >= 11 is 0. The third-order valence-corrected chi connectivity index (χ3v) is 4.32. The van der Waals surface area contributed by atoms with Crippen molar-refractivity contribution in [2.75, 3.05) is 19.6 Å². The fourth-order valence-electron chi connectivity index (χ4n) is 2.92. The van der Waals surface area contributed by atoms with Crippen LogP contribution >= 0.6 is 0 Å². The van der Waals surface area contributed by atoms with Crippen molar-refractivity contribution in [1.29, 1.82) is 5.26 Å². The lowest BCUT2D eigenvalue weighted by atomic mass is 10.1. The standard InChI is InChI=1S/C19H21N3O2/c20-11-15-1-3-17(4-2-15)19(23)13-22-10-7-18(12-22)24-14-16-5-8-21-9-6-16/h1-6,8-9,18-19,23H,7,10,12-14H2. The Balaban J connectivity index is 1.46. The Morgan fingerprint density at radius 1 is 1.25 bits per heavy atom. The fraction of sp³-hybridized carbons (Fsp3) is 0.368. The molecule has 0 saturated carbocycles. The summed E-state index contributed by atoms with van der Waals surface area (Å²) in [6.45, 7) is 2.94. The van der Waals surface area contributed by atoms with Gasteiger partial charge < -0.3 is 9.84 Å². The molecule has 0 radical (unpaired) electrons. The number of ether oxygens (including phenoxy) is 1. The van der Waals surface area contributed by atoms with Crippen molar-refractivity contribution in [3.05, 3.63) is 65.5 Å². The lowest BCUT2D eigenvalue weighted by molar-refractivity contribution is 0.0416. The van der Waals surface area contributed by atoms with Gasteiger partial charge in [-0.3, -0.25) is 9.88 Å². The van der Waals surface area contributed by atoms with Gasteiger partial charge >= 0.3 is 0 Å². The molecule has 2 aromatic rings. The van der Waals surface area contributed by atoms with Crippen LogP contribution in [0.4, 0.5) is 0 Å². The average Bonchev–Trinajstić information content (AvgIpc) is 3.08. The SMILES string of the molecule is N#Cc1ccc(C(O)CN2CCC(OCc3ccncc3)C2)cc1. The number of aromatic nitrogens is 1. The third-order valence-electron chi connectivity index (χ3n) is 4.32. The molecule has 0 spiro atoms. The van der Waals surface area contributed by atoms with Crippen molar-refractivity contribution in [2.45, 2.75) is 25.2 Å². The second-order valence-corrected chi connectivity index (χ2v) is 6.09. The summed E-state index contributed by atoms with van der Waals surface area (Å²) in [6.07, 6.45) is 4.18. The molecule has 0 aliphatic carbocycles. The van der Waals surface area contributed by atoms with E-state index in [2.05, 4.69) is 16.0 Å². The number of nitriles is 1. The molecule has 1 saturated heterocycles. The lowest BCUT2D eigenvalue weighted by Gasteiger charge is -2.20. The van der Waals surface area contributed by atoms with Gasteiger partial charge in [0.1, 0.15) is 0 Å². The largest absolute Gasteiger partial charge is 0.387 e. The Labute approximate surface area is 142 Å². The minimum Gasteiger partial charge on any atom is -0.387 e. The van der Waals surface area contributed by atoms with Crippen LogP contribution in [0.2, 0.25) is 0 Å². The molecular weight excluding hydrogens is 302 g/mol. The van der Waals surface area contributed by atoms with Gasteiger partial charge in [-0.25, -0.2) is 0 Å². The number of hydrogen-bond donors (Lipinski definition) is 1. The van der Waals surface area contributed by atoms with Crippen LogP contribution in [0, 0.1) is 11.3 Å². The van der Waals surface area contributed by atoms with Crippen LogP contribution in [-0.2, 0) is 11.3 Å². The maximum absolute atomic E-state index is 10.4. The summed E-state index contributed by atoms with van der Waals surface area (Å²) in [5.41, 5.74) is 2.58. The minimum absolute atomic E-state index is 0.200. The quantitative estimate of drug-likeness (QED) is 0.883. The van der Waals surface area contributed by atoms with Crippen molar-refractivity contribution < 1.29 is 9.84 Å². The lowest BCUT2D eigenvalue weighted by Crippen LogP contribution is -2.28. The first-order valence-electron chi connectivity index (χ1n) is 8.15. The number of likely N-dealkylation sites (tertiary alicyclic amines) is 1. The Kier molecular flexibility index (Phi) is 5.55. The number of nitrogens with zero attached hydrogens (tertiary/aromatic N) is 3. The number of aliphatic hydroxyl groups is 1. The van der Waals surface area contributed by atoms with E-state index in [-0.39, 0.29) is 6.10 Å². The van der Waals surface area contributed by atoms with Crippen molar-refractivity contribution in [3.63, 3.8) is 0 Å². The molecule has 2 atom stereocenters. The van der Waals surface area contributed by atoms with Crippen LogP contribution in [0.25, 0.3) is 0 Å². The van der Waals surface area contributed by atoms with E-state index in [4.69, 9.17) is 10.00 Å². The van der Waals surface area contributed by atoms with Gasteiger partial charge in [0, 0.05) is 32.0 Å². The Hall–Kier alpha value is -2.26. The average molecular weight is 323 g/mol. The van der Waals surface area contributed by atoms with Crippen molar-refractivity contribution in [1.82, 2.24) is 9.88 Å². The van der Waals surface area contributed by atoms with Crippen LogP contribution in [0.5, 0.6) is 0 Å². The molecule has 3 rings (SSSR count). The first-order valence-corrected chi connectivity index (χ1v) is 8.15. The molecule has 5 nitrogen and oxygen atoms in total. The van der Waals surface area contributed by atoms with Crippen LogP contribution in [0.1, 0.15) is 29.2 Å². The number of β-amino-alcohol motifs (C(OH)–C–C–N with tert-alkyl or cyclic N) is 1. The molecule has 1 aromatic heterocycles. The monoisotopic (exact) mass is 323 g/mol. The number of hydrogen-bond acceptors (Lipinski definition) is 5. The normalized spacial score (nSPS) is 19.1. The Morgan fingerprint density at radius 3 is 2.71 bits per heavy atom. The molecular formula is C19H21N3O2. The summed E-state index contributed by atoms with van der Waals surface area (Å²) in [5, 5.41) is 19.2. The van der Waals surface area contributed by atoms with Gasteiger partial charge in [-0.05, 0) is 41.8 Å². The maximum atomic E-state index is 10.4. The Bertz CT molecular complexity index is 682. The molecule has 1 fully saturated rings. The van der Waals surface area contributed by atoms with Gasteiger partial charge in [0.15, 0.2) is 0 Å². The first kappa shape index (κ1) is 16.6. The summed E-state index contributed by atoms with van der Waals surface area (Å²) in [4.78, 5) is 6.22. The highest BCUT2D eigenvalue weighted by atomic mass is 16.5. The molecule has 1 aliphatic rings. The van der Waals surface area contributed by atoms with E-state index in [0.29, 0.717) is 18.7 Å². The van der Waals surface area contributed by atoms with Gasteiger partial charge in [-0.2, -0.15) is 5.26 Å². The molecule has 2 unspecified atom stereocenters. The highest BCUT2D eigenvalue weighted by Gasteiger charge is 2.25. The van der Waals surface area contributed by atoms with Crippen LogP contribution in [0.3, 0.4) is 0 Å². The minimum atomic E-state index is -0.545. The van der Waals surface area contributed by atoms with Gasteiger partial charge in [0.05, 0.1) is 30.4 Å². The second-order valence-electron chi connectivity index (χ2n) is 6.09. The van der Waals surface area contributed by atoms with Crippen molar-refractivity contribution in [2.24, 2.45) is 0 Å². The first-order chi connectivity index (χ1) is 11.7. The summed E-state index contributed by atoms with van der Waals surface area (Å²) < 4.78 is 5.95. The predicted molar refractivity (Wildman–Crippen MR) is 90.0 cm³/mol. The smallest absolute Gasteiger partial charge is 0.0991 e. The zero-order valence-corrected chi connectivity index (χ0v) is 13.5. The summed E-state index contributed by atoms with van der Waals surface area (Å²) in [5.74, 6) is 0. The molecule has 24 heavy (non-hydrogen) atoms. The highest BCUT2D eigenvalue weighted by Crippen LogP contribution is 2.20. The van der Waals surface area contributed by atoms with Gasteiger partial charge in [-0.1, -0.05) is 12.1 Å². The van der Waals surface area contributed by atoms with Gasteiger partial charge in [0.2, 0.25) is 0 Å². The van der Waals surface area contributed by atoms with Crippen molar-refractivity contribution >= 4 is 0 Å². The highest BCUT2D eigenvalue weighted by molar-refractivity contribution is 5.32. The zero-order chi connectivity index (χ0) is 16.8. The van der Waals surface area contributed by atoms with E-state index in [1.165, 1.54) is 0 Å². The number of aliphatic hydroxyl groups excluding tert-OH is 1. The number of pyridine rings is 1. The Morgan fingerprint density at radius 2 is 2.00 bits per heavy atom. The third kappa shape index (κ3) is 4.39. The van der Waals surface area contributed by atoms with E-state index in [1.807, 2.05) is 24.3 Å². The van der Waals surface area contributed by atoms with E-state index in [1.54, 1.807) is 24.5 Å². The van der Waals surface area contributed by atoms with E-state index < -0.39 is 6.10 Å². The molecule has 5 heteroatoms. The molecule has 1 N–H and O–H groups in total. The fourth-order valence-corrected chi connectivity index (χ4v) is 2.92. The molecule has 0 bridgehead atoms.